The van der Waals surface area contributed by atoms with Crippen LogP contribution in [0.25, 0.3) is 33.2 Å². The lowest BCUT2D eigenvalue weighted by atomic mass is 9.62. The maximum absolute atomic E-state index is 3.63. The van der Waals surface area contributed by atoms with E-state index >= 15 is 0 Å². The summed E-state index contributed by atoms with van der Waals surface area (Å²) in [5, 5.41) is 2.56. The number of nitrogens with zero attached hydrogens (tertiary/aromatic N) is 5. The lowest BCUT2D eigenvalue weighted by molar-refractivity contribution is -0.681. The monoisotopic (exact) mass is 681 g/mol. The third kappa shape index (κ3) is 4.38. The van der Waals surface area contributed by atoms with Crippen molar-refractivity contribution in [3.63, 3.8) is 0 Å². The van der Waals surface area contributed by atoms with Gasteiger partial charge in [-0.05, 0) is 85.2 Å². The van der Waals surface area contributed by atoms with Gasteiger partial charge in [-0.2, -0.15) is 0 Å². The van der Waals surface area contributed by atoms with Crippen LogP contribution in [0.4, 0.5) is 5.69 Å². The summed E-state index contributed by atoms with van der Waals surface area (Å²) in [6, 6.07) is 41.6. The zero-order chi connectivity index (χ0) is 36.3. The van der Waals surface area contributed by atoms with Crippen molar-refractivity contribution in [3.8, 4) is 11.4 Å². The zero-order valence-electron chi connectivity index (χ0n) is 31.8. The maximum Gasteiger partial charge on any atom is 0.243 e. The highest BCUT2D eigenvalue weighted by Gasteiger charge is 2.46. The normalized spacial score (nSPS) is 17.2. The number of imidazole rings is 1. The van der Waals surface area contributed by atoms with E-state index in [4.69, 9.17) is 0 Å². The Morgan fingerprint density at radius 1 is 0.692 bits per heavy atom. The van der Waals surface area contributed by atoms with E-state index in [-0.39, 0.29) is 5.41 Å². The van der Waals surface area contributed by atoms with Gasteiger partial charge in [0, 0.05) is 46.3 Å². The first kappa shape index (κ1) is 32.4. The van der Waals surface area contributed by atoms with E-state index in [0.717, 1.165) is 12.4 Å². The number of para-hydroxylation sites is 2. The lowest BCUT2D eigenvalue weighted by Gasteiger charge is -2.43. The highest BCUT2D eigenvalue weighted by atomic mass is 15.4. The molecule has 5 nitrogen and oxygen atoms in total. The topological polar surface area (TPSA) is 20.2 Å². The van der Waals surface area contributed by atoms with Crippen LogP contribution in [-0.2, 0) is 17.9 Å². The second kappa shape index (κ2) is 11.2. The van der Waals surface area contributed by atoms with Crippen molar-refractivity contribution in [2.75, 3.05) is 18.6 Å². The van der Waals surface area contributed by atoms with Crippen LogP contribution in [0, 0.1) is 20.2 Å². The van der Waals surface area contributed by atoms with E-state index in [1.165, 1.54) is 83.8 Å². The van der Waals surface area contributed by atoms with E-state index in [2.05, 4.69) is 202 Å². The minimum Gasteiger partial charge on any atom is -0.359 e. The summed E-state index contributed by atoms with van der Waals surface area (Å²) in [6.07, 6.45) is 3.63. The molecule has 52 heavy (non-hydrogen) atoms. The van der Waals surface area contributed by atoms with Gasteiger partial charge in [0.05, 0.1) is 41.5 Å². The van der Waals surface area contributed by atoms with Crippen LogP contribution in [0.1, 0.15) is 73.8 Å². The van der Waals surface area contributed by atoms with Crippen molar-refractivity contribution in [3.05, 3.63) is 166 Å². The van der Waals surface area contributed by atoms with Crippen LogP contribution in [0.5, 0.6) is 0 Å². The van der Waals surface area contributed by atoms with Gasteiger partial charge in [0.1, 0.15) is 0 Å². The van der Waals surface area contributed by atoms with Crippen molar-refractivity contribution in [2.24, 2.45) is 7.05 Å². The summed E-state index contributed by atoms with van der Waals surface area (Å²) < 4.78 is 6.89. The molecule has 0 spiro atoms. The van der Waals surface area contributed by atoms with Crippen molar-refractivity contribution < 1.29 is 4.57 Å². The van der Waals surface area contributed by atoms with Gasteiger partial charge in [0.2, 0.25) is 6.33 Å². The molecular formula is C47H47N5. The van der Waals surface area contributed by atoms with Crippen LogP contribution < -0.4 is 9.47 Å². The molecule has 0 radical (unpaired) electrons. The summed E-state index contributed by atoms with van der Waals surface area (Å²) >= 11 is 0. The Morgan fingerprint density at radius 2 is 1.42 bits per heavy atom. The minimum atomic E-state index is -0.636. The number of hydrogen-bond donors (Lipinski definition) is 0. The molecule has 9 rings (SSSR count). The quantitative estimate of drug-likeness (QED) is 0.136. The van der Waals surface area contributed by atoms with E-state index < -0.39 is 5.41 Å². The number of allylic oxidation sites excluding steroid dienone is 2. The zero-order valence-corrected chi connectivity index (χ0v) is 31.8. The van der Waals surface area contributed by atoms with Gasteiger partial charge >= 0.3 is 0 Å². The Morgan fingerprint density at radius 3 is 2.12 bits per heavy atom. The second-order valence-electron chi connectivity index (χ2n) is 16.0. The van der Waals surface area contributed by atoms with E-state index in [9.17, 15) is 0 Å². The van der Waals surface area contributed by atoms with Gasteiger partial charge in [-0.15, -0.1) is 0 Å². The molecule has 0 amide bonds. The fraction of sp³-hybridized carbons (Fsp3) is 0.255. The molecule has 2 aliphatic rings. The number of anilines is 1. The van der Waals surface area contributed by atoms with Crippen LogP contribution in [-0.4, -0.2) is 27.8 Å². The van der Waals surface area contributed by atoms with Crippen LogP contribution in [0.15, 0.2) is 121 Å². The first-order valence-electron chi connectivity index (χ1n) is 18.4. The van der Waals surface area contributed by atoms with Crippen LogP contribution in [0.2, 0.25) is 0 Å². The third-order valence-corrected chi connectivity index (χ3v) is 12.2. The van der Waals surface area contributed by atoms with Crippen molar-refractivity contribution in [1.82, 2.24) is 14.0 Å². The van der Waals surface area contributed by atoms with Gasteiger partial charge in [-0.3, -0.25) is 0 Å². The molecule has 2 aromatic heterocycles. The minimum absolute atomic E-state index is 0.0965. The number of aromatic nitrogens is 3. The highest BCUT2D eigenvalue weighted by molar-refractivity contribution is 6.12. The van der Waals surface area contributed by atoms with E-state index in [1.807, 2.05) is 0 Å². The van der Waals surface area contributed by atoms with Gasteiger partial charge in [-0.1, -0.05) is 106 Å². The Hall–Kier alpha value is -5.55. The van der Waals surface area contributed by atoms with Crippen LogP contribution >= 0.6 is 0 Å². The third-order valence-electron chi connectivity index (χ3n) is 12.2. The second-order valence-corrected chi connectivity index (χ2v) is 16.0. The molecule has 1 unspecified atom stereocenters. The molecule has 5 aromatic carbocycles. The molecule has 0 saturated carbocycles. The number of benzene rings is 5. The van der Waals surface area contributed by atoms with Crippen molar-refractivity contribution in [1.29, 1.82) is 0 Å². The predicted molar refractivity (Wildman–Crippen MR) is 214 cm³/mol. The smallest absolute Gasteiger partial charge is 0.243 e. The number of fused-ring (bicyclic) bond motifs is 5. The molecule has 7 aromatic rings. The molecule has 0 N–H and O–H groups in total. The van der Waals surface area contributed by atoms with Gasteiger partial charge < -0.3 is 23.5 Å². The Bertz CT molecular complexity index is 2610. The fourth-order valence-electron chi connectivity index (χ4n) is 8.90. The molecule has 1 atom stereocenters. The van der Waals surface area contributed by atoms with Gasteiger partial charge in [-0.25, -0.2) is 0 Å². The Labute approximate surface area is 307 Å². The molecule has 0 saturated heterocycles. The lowest BCUT2D eigenvalue weighted by Crippen LogP contribution is -2.36. The fourth-order valence-corrected chi connectivity index (χ4v) is 8.90. The molecular weight excluding hydrogens is 635 g/mol. The van der Waals surface area contributed by atoms with Crippen molar-refractivity contribution in [2.45, 2.75) is 59.3 Å². The number of hydrogen-bond acceptors (Lipinski definition) is 2. The first-order valence-corrected chi connectivity index (χ1v) is 18.4. The van der Waals surface area contributed by atoms with Crippen molar-refractivity contribution >= 4 is 27.5 Å². The summed E-state index contributed by atoms with van der Waals surface area (Å²) in [7, 11) is 4.27. The predicted octanol–water partition coefficient (Wildman–Crippen LogP) is 9.77. The maximum atomic E-state index is 3.63. The molecule has 2 aliphatic heterocycles. The molecule has 0 bridgehead atoms. The summed E-state index contributed by atoms with van der Waals surface area (Å²) in [5.74, 6) is 0. The molecule has 5 heteroatoms. The Balaban J connectivity index is 1.49. The molecule has 0 aliphatic carbocycles. The largest absolute Gasteiger partial charge is 0.359 e. The average Bonchev–Trinajstić information content (AvgIpc) is 3.72. The highest BCUT2D eigenvalue weighted by Crippen LogP contribution is 2.55. The molecule has 260 valence electrons. The molecule has 0 fully saturated rings. The van der Waals surface area contributed by atoms with E-state index in [0.29, 0.717) is 0 Å². The standard InChI is InChI=1S/C47H47N5/c1-30-32(3)50(28-48(30)8)37-22-23-44-42(27-37)47(34-16-11-10-12-17-34,41-20-15-19-40-39-18-13-14-21-43(39)52(44)45(40)41)36-24-35(46(5,6)7)25-38(26-36)51-29-49(9)31(2)33(51)4/h10-27H,28H2,1-9H3. The van der Waals surface area contributed by atoms with Crippen LogP contribution in [0.3, 0.4) is 0 Å². The first-order chi connectivity index (χ1) is 24.9. The van der Waals surface area contributed by atoms with Gasteiger partial charge in [0.15, 0.2) is 0 Å². The summed E-state index contributed by atoms with van der Waals surface area (Å²) in [4.78, 5) is 4.81. The molecule has 4 heterocycles. The van der Waals surface area contributed by atoms with E-state index in [1.54, 1.807) is 0 Å². The number of aryl methyl sites for hydroxylation is 1. The SMILES string of the molecule is CC1=C(C)N(c2ccc3c(c2)C(c2ccccc2)(c2cc(-n4[c-][n+](C)c(C)c4C)cc(C(C)(C)C)c2)c2cccc4c5ccccc5n-3c24)CN1C. The summed E-state index contributed by atoms with van der Waals surface area (Å²) in [5.41, 5.74) is 16.7. The summed E-state index contributed by atoms with van der Waals surface area (Å²) in [6.45, 7) is 16.7. The van der Waals surface area contributed by atoms with Gasteiger partial charge in [0.25, 0.3) is 0 Å². The number of rotatable bonds is 4. The average molecular weight is 682 g/mol. The Kier molecular flexibility index (Phi) is 6.99.